The Balaban J connectivity index is 2.81. The smallest absolute Gasteiger partial charge is 0.326 e. The van der Waals surface area contributed by atoms with E-state index >= 15 is 0 Å². The quantitative estimate of drug-likeness (QED) is 0.590. The van der Waals surface area contributed by atoms with Gasteiger partial charge in [-0.2, -0.15) is 0 Å². The van der Waals surface area contributed by atoms with Crippen molar-refractivity contribution in [1.29, 1.82) is 0 Å². The highest BCUT2D eigenvalue weighted by Crippen LogP contribution is 2.33. The Kier molecular flexibility index (Phi) is 6.84. The fourth-order valence-corrected chi connectivity index (χ4v) is 3.07. The van der Waals surface area contributed by atoms with Crippen LogP contribution >= 0.6 is 0 Å². The van der Waals surface area contributed by atoms with Crippen molar-refractivity contribution in [2.75, 3.05) is 6.61 Å². The Morgan fingerprint density at radius 1 is 1.32 bits per heavy atom. The van der Waals surface area contributed by atoms with Crippen LogP contribution in [-0.2, 0) is 9.53 Å². The maximum absolute atomic E-state index is 12.4. The highest BCUT2D eigenvalue weighted by Gasteiger charge is 2.41. The van der Waals surface area contributed by atoms with Crippen molar-refractivity contribution in [2.45, 2.75) is 84.2 Å². The average Bonchev–Trinajstić information content (AvgIpc) is 2.62. The van der Waals surface area contributed by atoms with E-state index in [2.05, 4.69) is 26.1 Å². The van der Waals surface area contributed by atoms with E-state index in [1.165, 1.54) is 12.8 Å². The van der Waals surface area contributed by atoms with Gasteiger partial charge in [-0.1, -0.05) is 33.1 Å². The van der Waals surface area contributed by atoms with Gasteiger partial charge >= 0.3 is 5.97 Å². The van der Waals surface area contributed by atoms with Crippen molar-refractivity contribution in [3.05, 3.63) is 0 Å². The van der Waals surface area contributed by atoms with Gasteiger partial charge in [0.1, 0.15) is 5.54 Å². The third-order valence-electron chi connectivity index (χ3n) is 4.57. The molecule has 0 spiro atoms. The zero-order chi connectivity index (χ0) is 14.3. The lowest BCUT2D eigenvalue weighted by Crippen LogP contribution is -2.55. The summed E-state index contributed by atoms with van der Waals surface area (Å²) in [6, 6.07) is 0.364. The van der Waals surface area contributed by atoms with Gasteiger partial charge in [0.15, 0.2) is 0 Å². The molecule has 1 saturated carbocycles. The normalized spacial score (nSPS) is 29.6. The molecule has 19 heavy (non-hydrogen) atoms. The number of nitrogens with one attached hydrogen (secondary N) is 1. The predicted molar refractivity (Wildman–Crippen MR) is 79.1 cm³/mol. The van der Waals surface area contributed by atoms with Crippen LogP contribution in [0.25, 0.3) is 0 Å². The number of ether oxygens (including phenoxy) is 1. The molecule has 0 bridgehead atoms. The van der Waals surface area contributed by atoms with E-state index < -0.39 is 5.54 Å². The second kappa shape index (κ2) is 7.88. The molecule has 3 nitrogen and oxygen atoms in total. The monoisotopic (exact) mass is 269 g/mol. The van der Waals surface area contributed by atoms with E-state index in [9.17, 15) is 4.79 Å². The van der Waals surface area contributed by atoms with E-state index in [0.29, 0.717) is 12.6 Å². The lowest BCUT2D eigenvalue weighted by molar-refractivity contribution is -0.152. The molecule has 0 aromatic carbocycles. The summed E-state index contributed by atoms with van der Waals surface area (Å²) in [6.45, 7) is 8.93. The molecule has 1 aliphatic carbocycles. The van der Waals surface area contributed by atoms with Gasteiger partial charge in [-0.05, 0) is 45.4 Å². The molecule has 0 radical (unpaired) electrons. The Morgan fingerprint density at radius 3 is 2.63 bits per heavy atom. The summed E-state index contributed by atoms with van der Waals surface area (Å²) in [6.07, 6.45) is 7.63. The first-order valence-electron chi connectivity index (χ1n) is 8.02. The molecule has 0 amide bonds. The Bertz CT molecular complexity index is 280. The molecule has 0 heterocycles. The fraction of sp³-hybridized carbons (Fsp3) is 0.938. The number of carbonyl (C=O) groups excluding carboxylic acids is 1. The van der Waals surface area contributed by atoms with Crippen LogP contribution in [0.3, 0.4) is 0 Å². The highest BCUT2D eigenvalue weighted by molar-refractivity contribution is 5.81. The molecular weight excluding hydrogens is 238 g/mol. The van der Waals surface area contributed by atoms with Crippen LogP contribution in [0.4, 0.5) is 0 Å². The summed E-state index contributed by atoms with van der Waals surface area (Å²) in [5, 5.41) is 3.58. The van der Waals surface area contributed by atoms with Crippen molar-refractivity contribution < 1.29 is 9.53 Å². The number of esters is 1. The lowest BCUT2D eigenvalue weighted by atomic mass is 9.88. The molecular formula is C16H31NO2. The van der Waals surface area contributed by atoms with Crippen LogP contribution in [0.15, 0.2) is 0 Å². The third-order valence-corrected chi connectivity index (χ3v) is 4.57. The first kappa shape index (κ1) is 16.5. The number of carbonyl (C=O) groups is 1. The van der Waals surface area contributed by atoms with E-state index in [1.54, 1.807) is 0 Å². The minimum absolute atomic E-state index is 0.0351. The van der Waals surface area contributed by atoms with E-state index in [4.69, 9.17) is 4.74 Å². The molecule has 3 atom stereocenters. The van der Waals surface area contributed by atoms with Gasteiger partial charge in [0, 0.05) is 6.04 Å². The van der Waals surface area contributed by atoms with Crippen LogP contribution in [0, 0.1) is 5.92 Å². The largest absolute Gasteiger partial charge is 0.465 e. The van der Waals surface area contributed by atoms with Gasteiger partial charge in [0.05, 0.1) is 6.61 Å². The van der Waals surface area contributed by atoms with Gasteiger partial charge in [0.2, 0.25) is 0 Å². The third kappa shape index (κ3) is 4.48. The molecule has 1 N–H and O–H groups in total. The Hall–Kier alpha value is -0.570. The maximum Gasteiger partial charge on any atom is 0.326 e. The second-order valence-electron chi connectivity index (χ2n) is 5.96. The molecule has 112 valence electrons. The molecule has 0 saturated heterocycles. The summed E-state index contributed by atoms with van der Waals surface area (Å²) in [7, 11) is 0. The minimum atomic E-state index is -0.435. The minimum Gasteiger partial charge on any atom is -0.465 e. The molecule has 3 heteroatoms. The summed E-state index contributed by atoms with van der Waals surface area (Å²) < 4.78 is 5.35. The fourth-order valence-electron chi connectivity index (χ4n) is 3.07. The van der Waals surface area contributed by atoms with Crippen LogP contribution in [0.1, 0.15) is 72.6 Å². The Morgan fingerprint density at radius 2 is 2.05 bits per heavy atom. The summed E-state index contributed by atoms with van der Waals surface area (Å²) in [5.74, 6) is 0.738. The first-order valence-corrected chi connectivity index (χ1v) is 8.02. The van der Waals surface area contributed by atoms with E-state index in [-0.39, 0.29) is 5.97 Å². The van der Waals surface area contributed by atoms with Gasteiger partial charge < -0.3 is 4.74 Å². The lowest BCUT2D eigenvalue weighted by Gasteiger charge is -2.34. The van der Waals surface area contributed by atoms with Crippen molar-refractivity contribution in [3.8, 4) is 0 Å². The number of rotatable bonds is 6. The molecule has 0 aromatic rings. The molecule has 0 aromatic heterocycles. The van der Waals surface area contributed by atoms with E-state index in [1.807, 2.05) is 6.92 Å². The Labute approximate surface area is 118 Å². The summed E-state index contributed by atoms with van der Waals surface area (Å²) >= 11 is 0. The van der Waals surface area contributed by atoms with Gasteiger partial charge in [-0.15, -0.1) is 0 Å². The molecule has 1 fully saturated rings. The van der Waals surface area contributed by atoms with Crippen molar-refractivity contribution in [2.24, 2.45) is 5.92 Å². The zero-order valence-electron chi connectivity index (χ0n) is 13.1. The number of hydrogen-bond acceptors (Lipinski definition) is 3. The standard InChI is InChI=1S/C16H31NO2/c1-5-13(4)17-16(15(18)19-7-3)11-8-9-14(6-2)10-12-16/h13-14,17H,5-12H2,1-4H3. The van der Waals surface area contributed by atoms with Gasteiger partial charge in [-0.25, -0.2) is 0 Å². The molecule has 1 rings (SSSR count). The van der Waals surface area contributed by atoms with E-state index in [0.717, 1.165) is 38.0 Å². The van der Waals surface area contributed by atoms with Crippen LogP contribution in [0.5, 0.6) is 0 Å². The summed E-state index contributed by atoms with van der Waals surface area (Å²) in [4.78, 5) is 12.4. The van der Waals surface area contributed by atoms with Crippen LogP contribution < -0.4 is 5.32 Å². The summed E-state index contributed by atoms with van der Waals surface area (Å²) in [5.41, 5.74) is -0.435. The zero-order valence-corrected chi connectivity index (χ0v) is 13.1. The van der Waals surface area contributed by atoms with Crippen LogP contribution in [-0.4, -0.2) is 24.2 Å². The first-order chi connectivity index (χ1) is 9.07. The second-order valence-corrected chi connectivity index (χ2v) is 5.96. The topological polar surface area (TPSA) is 38.3 Å². The molecule has 3 unspecified atom stereocenters. The van der Waals surface area contributed by atoms with Crippen molar-refractivity contribution in [1.82, 2.24) is 5.32 Å². The molecule has 1 aliphatic rings. The number of hydrogen-bond donors (Lipinski definition) is 1. The van der Waals surface area contributed by atoms with Gasteiger partial charge in [0.25, 0.3) is 0 Å². The van der Waals surface area contributed by atoms with Crippen molar-refractivity contribution in [3.63, 3.8) is 0 Å². The van der Waals surface area contributed by atoms with Gasteiger partial charge in [-0.3, -0.25) is 10.1 Å². The van der Waals surface area contributed by atoms with Crippen molar-refractivity contribution >= 4 is 5.97 Å². The molecule has 0 aliphatic heterocycles. The van der Waals surface area contributed by atoms with Crippen LogP contribution in [0.2, 0.25) is 0 Å². The average molecular weight is 269 g/mol. The highest BCUT2D eigenvalue weighted by atomic mass is 16.5. The predicted octanol–water partition coefficient (Wildman–Crippen LogP) is 3.67. The SMILES string of the molecule is CCOC(=O)C1(NC(C)CC)CCCC(CC)CC1. The maximum atomic E-state index is 12.4.